The second-order valence-electron chi connectivity index (χ2n) is 8.32. The van der Waals surface area contributed by atoms with Crippen molar-refractivity contribution in [1.82, 2.24) is 9.55 Å². The van der Waals surface area contributed by atoms with Crippen molar-refractivity contribution in [2.24, 2.45) is 0 Å². The number of anilines is 2. The quantitative estimate of drug-likeness (QED) is 0.157. The summed E-state index contributed by atoms with van der Waals surface area (Å²) in [4.78, 5) is 6.38. The van der Waals surface area contributed by atoms with Crippen LogP contribution in [0.2, 0.25) is 0 Å². The minimum Gasteiger partial charge on any atom is -0.493 e. The van der Waals surface area contributed by atoms with Gasteiger partial charge in [0.05, 0.1) is 26.8 Å². The van der Waals surface area contributed by atoms with Crippen molar-refractivity contribution >= 4 is 31.4 Å². The van der Waals surface area contributed by atoms with E-state index in [4.69, 9.17) is 19.1 Å². The number of nitrogens with zero attached hydrogens (tertiary/aromatic N) is 3. The zero-order chi connectivity index (χ0) is 28.1. The molecular weight excluding hydrogens is 550 g/mol. The molecular formula is C27H27F3N3O4PS. The third kappa shape index (κ3) is 6.43. The molecule has 1 aromatic heterocycles. The molecule has 4 aromatic rings. The monoisotopic (exact) mass is 577 g/mol. The molecule has 0 bridgehead atoms. The molecule has 0 radical (unpaired) electrons. The first-order chi connectivity index (χ1) is 18.7. The highest BCUT2D eigenvalue weighted by Crippen LogP contribution is 2.38. The Labute approximate surface area is 230 Å². The smallest absolute Gasteiger partial charge is 0.174 e. The van der Waals surface area contributed by atoms with E-state index in [1.807, 2.05) is 18.0 Å². The van der Waals surface area contributed by atoms with Crippen molar-refractivity contribution in [3.63, 3.8) is 0 Å². The molecule has 4 rings (SSSR count). The fourth-order valence-electron chi connectivity index (χ4n) is 3.78. The Hall–Kier alpha value is -3.40. The van der Waals surface area contributed by atoms with Gasteiger partial charge in [0.15, 0.2) is 16.7 Å². The summed E-state index contributed by atoms with van der Waals surface area (Å²) in [6.07, 6.45) is 1.41. The first kappa shape index (κ1) is 28.6. The number of aromatic nitrogens is 2. The van der Waals surface area contributed by atoms with Gasteiger partial charge in [-0.15, -0.1) is 0 Å². The normalized spacial score (nSPS) is 11.8. The van der Waals surface area contributed by atoms with Gasteiger partial charge in [-0.3, -0.25) is 4.57 Å². The molecule has 206 valence electrons. The number of thioether (sulfide) groups is 1. The lowest BCUT2D eigenvalue weighted by atomic mass is 10.2. The van der Waals surface area contributed by atoms with Gasteiger partial charge >= 0.3 is 0 Å². The summed E-state index contributed by atoms with van der Waals surface area (Å²) >= 11 is 1.13. The first-order valence-electron chi connectivity index (χ1n) is 11.7. The van der Waals surface area contributed by atoms with Crippen LogP contribution in [0.1, 0.15) is 5.56 Å². The highest BCUT2D eigenvalue weighted by molar-refractivity contribution is 7.98. The molecule has 12 heteroatoms. The molecule has 1 N–H and O–H groups in total. The third-order valence-electron chi connectivity index (χ3n) is 5.81. The molecule has 0 spiro atoms. The van der Waals surface area contributed by atoms with Crippen LogP contribution in [-0.2, 0) is 5.75 Å². The maximum Gasteiger partial charge on any atom is 0.174 e. The number of halogens is 3. The van der Waals surface area contributed by atoms with E-state index < -0.39 is 25.6 Å². The van der Waals surface area contributed by atoms with Gasteiger partial charge < -0.3 is 24.0 Å². The molecule has 1 atom stereocenters. The van der Waals surface area contributed by atoms with Gasteiger partial charge in [-0.1, -0.05) is 11.8 Å². The predicted octanol–water partition coefficient (Wildman–Crippen LogP) is 6.72. The zero-order valence-electron chi connectivity index (χ0n) is 21.7. The summed E-state index contributed by atoms with van der Waals surface area (Å²) in [5.41, 5.74) is 1.24. The molecule has 0 fully saturated rings. The summed E-state index contributed by atoms with van der Waals surface area (Å²) in [6.45, 7) is 1.65. The maximum atomic E-state index is 14.8. The minimum atomic E-state index is -1.24. The van der Waals surface area contributed by atoms with Crippen LogP contribution in [0.25, 0.3) is 5.69 Å². The van der Waals surface area contributed by atoms with Crippen molar-refractivity contribution in [3.8, 4) is 22.9 Å². The molecule has 1 heterocycles. The second-order valence-corrected chi connectivity index (χ2v) is 11.0. The Balaban J connectivity index is 1.68. The number of rotatable bonds is 11. The highest BCUT2D eigenvalue weighted by Gasteiger charge is 2.20. The first-order valence-corrected chi connectivity index (χ1v) is 14.5. The van der Waals surface area contributed by atoms with Crippen LogP contribution in [0.3, 0.4) is 0 Å². The molecule has 7 nitrogen and oxygen atoms in total. The zero-order valence-corrected chi connectivity index (χ0v) is 23.4. The minimum absolute atomic E-state index is 0.0213. The molecule has 1 unspecified atom stereocenters. The Bertz CT molecular complexity index is 1420. The number of aliphatic hydroxyl groups excluding tert-OH is 1. The van der Waals surface area contributed by atoms with Crippen molar-refractivity contribution < 1.29 is 32.3 Å². The fourth-order valence-corrected chi connectivity index (χ4v) is 5.31. The van der Waals surface area contributed by atoms with Crippen LogP contribution in [0, 0.1) is 17.5 Å². The van der Waals surface area contributed by atoms with Gasteiger partial charge in [-0.25, -0.2) is 18.2 Å². The summed E-state index contributed by atoms with van der Waals surface area (Å²) in [5.74, 6) is -0.220. The Morgan fingerprint density at radius 3 is 2.26 bits per heavy atom. The van der Waals surface area contributed by atoms with Crippen LogP contribution >= 0.6 is 19.9 Å². The summed E-state index contributed by atoms with van der Waals surface area (Å²) in [7, 11) is 3.69. The van der Waals surface area contributed by atoms with Gasteiger partial charge in [0.25, 0.3) is 0 Å². The predicted molar refractivity (Wildman–Crippen MR) is 148 cm³/mol. The summed E-state index contributed by atoms with van der Waals surface area (Å²) < 4.78 is 61.3. The number of aliphatic hydroxyl groups is 1. The molecule has 3 aromatic carbocycles. The SMILES string of the molecule is COc1ccc(N(C)c2cnc(SCc3c(F)cc(OP(C)CO)cc3F)n2-c2ccc(F)cc2)cc1OC. The molecule has 0 saturated heterocycles. The van der Waals surface area contributed by atoms with E-state index in [0.29, 0.717) is 28.2 Å². The van der Waals surface area contributed by atoms with Crippen molar-refractivity contribution in [3.05, 3.63) is 83.8 Å². The number of ether oxygens (including phenoxy) is 2. The van der Waals surface area contributed by atoms with Gasteiger partial charge in [0.1, 0.15) is 37.2 Å². The van der Waals surface area contributed by atoms with Crippen LogP contribution in [0.5, 0.6) is 17.2 Å². The van der Waals surface area contributed by atoms with Crippen LogP contribution < -0.4 is 18.9 Å². The third-order valence-corrected chi connectivity index (χ3v) is 7.71. The lowest BCUT2D eigenvalue weighted by Gasteiger charge is -2.23. The van der Waals surface area contributed by atoms with E-state index in [1.54, 1.807) is 55.9 Å². The highest BCUT2D eigenvalue weighted by atomic mass is 32.2. The average molecular weight is 578 g/mol. The standard InChI is InChI=1S/C27H27F3N3O4PS/c1-32(19-9-10-24(35-2)25(11-19)36-3)26-14-31-27(33(26)18-7-5-17(28)6-8-18)39-15-21-22(29)12-20(13-23(21)30)37-38(4)16-34/h5-14,34H,15-16H2,1-4H3. The van der Waals surface area contributed by atoms with Crippen molar-refractivity contribution in [2.45, 2.75) is 10.9 Å². The number of imidazole rings is 1. The van der Waals surface area contributed by atoms with E-state index >= 15 is 0 Å². The molecule has 0 aliphatic heterocycles. The summed E-state index contributed by atoms with van der Waals surface area (Å²) in [5, 5.41) is 9.61. The molecule has 0 aliphatic rings. The lowest BCUT2D eigenvalue weighted by molar-refractivity contribution is 0.355. The number of methoxy groups -OCH3 is 2. The largest absolute Gasteiger partial charge is 0.493 e. The van der Waals surface area contributed by atoms with Crippen molar-refractivity contribution in [2.75, 3.05) is 39.2 Å². The van der Waals surface area contributed by atoms with Crippen LogP contribution in [0.15, 0.2) is 66.0 Å². The number of benzene rings is 3. The second kappa shape index (κ2) is 12.6. The van der Waals surface area contributed by atoms with Gasteiger partial charge in [0.2, 0.25) is 0 Å². The Morgan fingerprint density at radius 2 is 1.64 bits per heavy atom. The van der Waals surface area contributed by atoms with E-state index in [2.05, 4.69) is 4.98 Å². The van der Waals surface area contributed by atoms with Crippen LogP contribution in [-0.4, -0.2) is 48.9 Å². The number of hydrogen-bond donors (Lipinski definition) is 1. The lowest BCUT2D eigenvalue weighted by Crippen LogP contribution is -2.14. The van der Waals surface area contributed by atoms with E-state index in [9.17, 15) is 13.2 Å². The van der Waals surface area contributed by atoms with Gasteiger partial charge in [-0.2, -0.15) is 0 Å². The molecule has 0 aliphatic carbocycles. The van der Waals surface area contributed by atoms with E-state index in [-0.39, 0.29) is 23.4 Å². The Morgan fingerprint density at radius 1 is 0.974 bits per heavy atom. The Kier molecular flexibility index (Phi) is 9.27. The van der Waals surface area contributed by atoms with E-state index in [1.165, 1.54) is 12.1 Å². The average Bonchev–Trinajstić information content (AvgIpc) is 3.35. The summed E-state index contributed by atoms with van der Waals surface area (Å²) in [6, 6.07) is 13.5. The van der Waals surface area contributed by atoms with Gasteiger partial charge in [0, 0.05) is 47.9 Å². The molecule has 0 amide bonds. The van der Waals surface area contributed by atoms with E-state index in [0.717, 1.165) is 29.6 Å². The maximum absolute atomic E-state index is 14.8. The van der Waals surface area contributed by atoms with Crippen LogP contribution in [0.4, 0.5) is 24.7 Å². The number of hydrogen-bond acceptors (Lipinski definition) is 7. The topological polar surface area (TPSA) is 69.0 Å². The van der Waals surface area contributed by atoms with Gasteiger partial charge in [-0.05, 0) is 43.1 Å². The molecule has 39 heavy (non-hydrogen) atoms. The molecule has 0 saturated carbocycles. The fraction of sp³-hybridized carbons (Fsp3) is 0.222. The van der Waals surface area contributed by atoms with Crippen molar-refractivity contribution in [1.29, 1.82) is 0 Å².